The highest BCUT2D eigenvalue weighted by molar-refractivity contribution is 5.93. The van der Waals surface area contributed by atoms with Gasteiger partial charge in [0.05, 0.1) is 0 Å². The summed E-state index contributed by atoms with van der Waals surface area (Å²) in [5.74, 6) is -0.144. The first kappa shape index (κ1) is 11.0. The molecule has 8 nitrogen and oxygen atoms in total. The Morgan fingerprint density at radius 2 is 2.18 bits per heavy atom. The predicted octanol–water partition coefficient (Wildman–Crippen LogP) is -0.0101. The maximum Gasteiger partial charge on any atom is 0.343 e. The molecule has 0 bridgehead atoms. The summed E-state index contributed by atoms with van der Waals surface area (Å²) >= 11 is 0. The lowest BCUT2D eigenvalue weighted by molar-refractivity contribution is 0.403. The van der Waals surface area contributed by atoms with Crippen molar-refractivity contribution in [2.45, 2.75) is 6.92 Å². The second-order valence-corrected chi connectivity index (χ2v) is 3.39. The van der Waals surface area contributed by atoms with Gasteiger partial charge in [-0.3, -0.25) is 10.1 Å². The van der Waals surface area contributed by atoms with E-state index in [1.807, 2.05) is 0 Å². The molecule has 0 saturated carbocycles. The predicted molar refractivity (Wildman–Crippen MR) is 58.9 cm³/mol. The van der Waals surface area contributed by atoms with Gasteiger partial charge in [-0.25, -0.2) is 4.98 Å². The second kappa shape index (κ2) is 4.16. The summed E-state index contributed by atoms with van der Waals surface area (Å²) in [6.45, 7) is 1.76. The van der Waals surface area contributed by atoms with Crippen LogP contribution >= 0.6 is 0 Å². The molecule has 0 spiro atoms. The average molecular weight is 233 g/mol. The van der Waals surface area contributed by atoms with Crippen molar-refractivity contribution in [2.75, 3.05) is 0 Å². The number of hydrogen-bond donors (Lipinski definition) is 2. The molecule has 2 aromatic heterocycles. The number of aromatic nitrogens is 5. The lowest BCUT2D eigenvalue weighted by Crippen LogP contribution is -2.14. The standard InChI is InChI=1S/C9H11N7O/c1-5-3-6(7(10)11)14-9(13-5)17-8-12-4-16(2)15-8/h3-4H,1-2H3,(H3,10,11). The fourth-order valence-electron chi connectivity index (χ4n) is 1.17. The van der Waals surface area contributed by atoms with Gasteiger partial charge in [0.1, 0.15) is 17.9 Å². The normalized spacial score (nSPS) is 10.2. The van der Waals surface area contributed by atoms with Crippen LogP contribution in [0.1, 0.15) is 11.4 Å². The molecule has 0 aliphatic carbocycles. The zero-order chi connectivity index (χ0) is 12.4. The second-order valence-electron chi connectivity index (χ2n) is 3.39. The summed E-state index contributed by atoms with van der Waals surface area (Å²) < 4.78 is 6.75. The van der Waals surface area contributed by atoms with Gasteiger partial charge >= 0.3 is 12.0 Å². The first-order valence-corrected chi connectivity index (χ1v) is 4.78. The number of nitrogen functional groups attached to an aromatic ring is 1. The van der Waals surface area contributed by atoms with Crippen LogP contribution in [0, 0.1) is 12.3 Å². The highest BCUT2D eigenvalue weighted by Gasteiger charge is 2.08. The molecule has 0 amide bonds. The van der Waals surface area contributed by atoms with E-state index in [1.165, 1.54) is 11.0 Å². The number of ether oxygens (including phenoxy) is 1. The van der Waals surface area contributed by atoms with E-state index in [4.69, 9.17) is 15.9 Å². The Balaban J connectivity index is 2.29. The van der Waals surface area contributed by atoms with Gasteiger partial charge in [0.2, 0.25) is 0 Å². The van der Waals surface area contributed by atoms with Crippen molar-refractivity contribution >= 4 is 5.84 Å². The SMILES string of the molecule is Cc1cc(C(=N)N)nc(Oc2ncn(C)n2)n1. The van der Waals surface area contributed by atoms with Crippen molar-refractivity contribution in [1.29, 1.82) is 5.41 Å². The van der Waals surface area contributed by atoms with E-state index < -0.39 is 0 Å². The first-order chi connectivity index (χ1) is 8.04. The van der Waals surface area contributed by atoms with Gasteiger partial charge in [-0.15, -0.1) is 5.10 Å². The van der Waals surface area contributed by atoms with Crippen LogP contribution < -0.4 is 10.5 Å². The summed E-state index contributed by atoms with van der Waals surface area (Å²) in [5.41, 5.74) is 6.31. The monoisotopic (exact) mass is 233 g/mol. The molecule has 2 heterocycles. The fraction of sp³-hybridized carbons (Fsp3) is 0.222. The van der Waals surface area contributed by atoms with Crippen LogP contribution in [-0.4, -0.2) is 30.6 Å². The molecule has 2 aromatic rings. The maximum atomic E-state index is 7.31. The minimum Gasteiger partial charge on any atom is -0.387 e. The molecule has 0 aromatic carbocycles. The Bertz CT molecular complexity index is 562. The summed E-state index contributed by atoms with van der Waals surface area (Å²) in [7, 11) is 1.72. The van der Waals surface area contributed by atoms with Crippen LogP contribution in [0.3, 0.4) is 0 Å². The summed E-state index contributed by atoms with van der Waals surface area (Å²) in [5, 5.41) is 11.2. The summed E-state index contributed by atoms with van der Waals surface area (Å²) in [6, 6.07) is 1.81. The van der Waals surface area contributed by atoms with Crippen LogP contribution in [-0.2, 0) is 7.05 Å². The van der Waals surface area contributed by atoms with E-state index in [0.717, 1.165) is 0 Å². The van der Waals surface area contributed by atoms with Crippen LogP contribution in [0.2, 0.25) is 0 Å². The highest BCUT2D eigenvalue weighted by Crippen LogP contribution is 2.13. The molecule has 2 rings (SSSR count). The summed E-state index contributed by atoms with van der Waals surface area (Å²) in [4.78, 5) is 11.9. The Kier molecular flexibility index (Phi) is 2.69. The Hall–Kier alpha value is -2.51. The van der Waals surface area contributed by atoms with Gasteiger partial charge < -0.3 is 10.5 Å². The van der Waals surface area contributed by atoms with Crippen LogP contribution in [0.25, 0.3) is 0 Å². The molecular formula is C9H11N7O. The number of aryl methyl sites for hydroxylation is 2. The Labute approximate surface area is 97.0 Å². The fourth-order valence-corrected chi connectivity index (χ4v) is 1.17. The van der Waals surface area contributed by atoms with Gasteiger partial charge in [0.25, 0.3) is 0 Å². The van der Waals surface area contributed by atoms with Crippen molar-refractivity contribution in [1.82, 2.24) is 24.7 Å². The number of amidine groups is 1. The Morgan fingerprint density at radius 3 is 2.76 bits per heavy atom. The van der Waals surface area contributed by atoms with E-state index in [9.17, 15) is 0 Å². The zero-order valence-corrected chi connectivity index (χ0v) is 9.38. The number of nitrogens with one attached hydrogen (secondary N) is 1. The van der Waals surface area contributed by atoms with E-state index in [-0.39, 0.29) is 17.9 Å². The van der Waals surface area contributed by atoms with Crippen molar-refractivity contribution in [3.63, 3.8) is 0 Å². The molecule has 3 N–H and O–H groups in total. The Morgan fingerprint density at radius 1 is 1.41 bits per heavy atom. The highest BCUT2D eigenvalue weighted by atomic mass is 16.5. The minimum atomic E-state index is -0.144. The van der Waals surface area contributed by atoms with E-state index in [0.29, 0.717) is 11.4 Å². The quantitative estimate of drug-likeness (QED) is 0.569. The number of hydrogen-bond acceptors (Lipinski definition) is 6. The van der Waals surface area contributed by atoms with E-state index in [2.05, 4.69) is 20.1 Å². The first-order valence-electron chi connectivity index (χ1n) is 4.78. The molecule has 0 atom stereocenters. The topological polar surface area (TPSA) is 116 Å². The van der Waals surface area contributed by atoms with Gasteiger partial charge in [0.15, 0.2) is 0 Å². The molecule has 0 fully saturated rings. The number of nitrogens with two attached hydrogens (primary N) is 1. The molecule has 0 aliphatic rings. The zero-order valence-electron chi connectivity index (χ0n) is 9.38. The van der Waals surface area contributed by atoms with Crippen molar-refractivity contribution in [3.05, 3.63) is 23.8 Å². The molecule has 8 heteroatoms. The van der Waals surface area contributed by atoms with Crippen molar-refractivity contribution in [3.8, 4) is 12.0 Å². The molecule has 17 heavy (non-hydrogen) atoms. The molecule has 0 radical (unpaired) electrons. The molecular weight excluding hydrogens is 222 g/mol. The lowest BCUT2D eigenvalue weighted by Gasteiger charge is -2.03. The molecule has 0 aliphatic heterocycles. The van der Waals surface area contributed by atoms with Gasteiger partial charge in [0, 0.05) is 12.7 Å². The van der Waals surface area contributed by atoms with E-state index in [1.54, 1.807) is 20.0 Å². The van der Waals surface area contributed by atoms with Crippen LogP contribution in [0.4, 0.5) is 0 Å². The van der Waals surface area contributed by atoms with Crippen molar-refractivity contribution < 1.29 is 4.74 Å². The minimum absolute atomic E-state index is 0.0707. The third-order valence-electron chi connectivity index (χ3n) is 1.87. The molecule has 0 unspecified atom stereocenters. The number of rotatable bonds is 3. The van der Waals surface area contributed by atoms with Crippen LogP contribution in [0.15, 0.2) is 12.4 Å². The van der Waals surface area contributed by atoms with Gasteiger partial charge in [-0.05, 0) is 13.0 Å². The molecule has 0 saturated heterocycles. The number of nitrogens with zero attached hydrogens (tertiary/aromatic N) is 5. The van der Waals surface area contributed by atoms with Crippen molar-refractivity contribution in [2.24, 2.45) is 12.8 Å². The lowest BCUT2D eigenvalue weighted by atomic mass is 10.3. The van der Waals surface area contributed by atoms with Gasteiger partial charge in [-0.1, -0.05) is 0 Å². The maximum absolute atomic E-state index is 7.31. The smallest absolute Gasteiger partial charge is 0.343 e. The third kappa shape index (κ3) is 2.54. The summed E-state index contributed by atoms with van der Waals surface area (Å²) in [6.07, 6.45) is 1.50. The van der Waals surface area contributed by atoms with Gasteiger partial charge in [-0.2, -0.15) is 9.97 Å². The molecule has 88 valence electrons. The third-order valence-corrected chi connectivity index (χ3v) is 1.87. The van der Waals surface area contributed by atoms with Crippen LogP contribution in [0.5, 0.6) is 12.0 Å². The van der Waals surface area contributed by atoms with E-state index >= 15 is 0 Å². The average Bonchev–Trinajstić information content (AvgIpc) is 2.63. The largest absolute Gasteiger partial charge is 0.387 e.